The van der Waals surface area contributed by atoms with E-state index >= 15 is 0 Å². The number of nitrogens with two attached hydrogens (primary N) is 1. The van der Waals surface area contributed by atoms with Gasteiger partial charge in [-0.1, -0.05) is 29.8 Å². The van der Waals surface area contributed by atoms with Gasteiger partial charge in [0.05, 0.1) is 16.5 Å². The van der Waals surface area contributed by atoms with Crippen LogP contribution >= 0.6 is 27.5 Å². The molecule has 0 radical (unpaired) electrons. The van der Waals surface area contributed by atoms with Gasteiger partial charge >= 0.3 is 0 Å². The summed E-state index contributed by atoms with van der Waals surface area (Å²) in [6.45, 7) is 1.79. The van der Waals surface area contributed by atoms with E-state index in [0.29, 0.717) is 9.50 Å². The topological polar surface area (TPSA) is 89.3 Å². The second kappa shape index (κ2) is 7.00. The maximum absolute atomic E-state index is 12.4. The Kier molecular flexibility index (Phi) is 5.46. The van der Waals surface area contributed by atoms with Gasteiger partial charge in [0.2, 0.25) is 10.0 Å². The molecule has 5 nitrogen and oxygen atoms in total. The number of nitrogens with one attached hydrogen (secondary N) is 1. The zero-order chi connectivity index (χ0) is 17.2. The van der Waals surface area contributed by atoms with Gasteiger partial charge in [-0.3, -0.25) is 4.79 Å². The lowest BCUT2D eigenvalue weighted by molar-refractivity contribution is 0.0939. The Balaban J connectivity index is 2.29. The van der Waals surface area contributed by atoms with E-state index in [1.165, 1.54) is 18.2 Å². The number of sulfonamides is 1. The molecule has 0 fully saturated rings. The summed E-state index contributed by atoms with van der Waals surface area (Å²) < 4.78 is 23.3. The van der Waals surface area contributed by atoms with Gasteiger partial charge in [0, 0.05) is 9.50 Å². The Bertz CT molecular complexity index is 856. The maximum atomic E-state index is 12.4. The first-order valence-electron chi connectivity index (χ1n) is 6.58. The molecule has 0 aliphatic carbocycles. The lowest BCUT2D eigenvalue weighted by Gasteiger charge is -2.16. The highest BCUT2D eigenvalue weighted by molar-refractivity contribution is 9.10. The van der Waals surface area contributed by atoms with Crippen LogP contribution in [0, 0.1) is 0 Å². The number of hydrogen-bond donors (Lipinski definition) is 2. The number of rotatable bonds is 4. The fraction of sp³-hybridized carbons (Fsp3) is 0.133. The van der Waals surface area contributed by atoms with Crippen LogP contribution < -0.4 is 10.5 Å². The second-order valence-corrected chi connectivity index (χ2v) is 7.73. The maximum Gasteiger partial charge on any atom is 0.252 e. The molecule has 0 heterocycles. The van der Waals surface area contributed by atoms with E-state index in [1.807, 2.05) is 12.1 Å². The van der Waals surface area contributed by atoms with E-state index in [0.717, 1.165) is 5.56 Å². The number of carbonyl (C=O) groups excluding carboxylic acids is 1. The van der Waals surface area contributed by atoms with Crippen LogP contribution in [0.25, 0.3) is 0 Å². The van der Waals surface area contributed by atoms with Crippen molar-refractivity contribution in [2.75, 3.05) is 0 Å². The van der Waals surface area contributed by atoms with Gasteiger partial charge in [0.15, 0.2) is 0 Å². The third kappa shape index (κ3) is 4.32. The van der Waals surface area contributed by atoms with Crippen LogP contribution in [0.4, 0.5) is 0 Å². The minimum Gasteiger partial charge on any atom is -0.345 e. The quantitative estimate of drug-likeness (QED) is 0.800. The zero-order valence-electron chi connectivity index (χ0n) is 12.1. The Morgan fingerprint density at radius 2 is 1.91 bits per heavy atom. The number of benzene rings is 2. The monoisotopic (exact) mass is 416 g/mol. The summed E-state index contributed by atoms with van der Waals surface area (Å²) in [7, 11) is -3.88. The predicted octanol–water partition coefficient (Wildman–Crippen LogP) is 3.24. The van der Waals surface area contributed by atoms with Gasteiger partial charge in [-0.25, -0.2) is 13.6 Å². The number of amides is 1. The molecule has 1 atom stereocenters. The molecule has 1 amide bonds. The van der Waals surface area contributed by atoms with Gasteiger partial charge < -0.3 is 5.32 Å². The van der Waals surface area contributed by atoms with E-state index in [1.54, 1.807) is 19.1 Å². The molecule has 0 spiro atoms. The zero-order valence-corrected chi connectivity index (χ0v) is 15.2. The molecule has 0 saturated carbocycles. The Morgan fingerprint density at radius 3 is 2.52 bits per heavy atom. The van der Waals surface area contributed by atoms with Crippen LogP contribution in [-0.2, 0) is 10.0 Å². The molecule has 0 aliphatic rings. The Morgan fingerprint density at radius 1 is 1.26 bits per heavy atom. The normalized spacial score (nSPS) is 12.7. The molecule has 23 heavy (non-hydrogen) atoms. The summed E-state index contributed by atoms with van der Waals surface area (Å²) in [4.78, 5) is 12.3. The first kappa shape index (κ1) is 17.9. The SMILES string of the molecule is CC(NC(=O)c1cc(S(N)(=O)=O)ccc1Br)c1ccccc1Cl. The van der Waals surface area contributed by atoms with E-state index in [-0.39, 0.29) is 16.5 Å². The lowest BCUT2D eigenvalue weighted by atomic mass is 10.1. The first-order chi connectivity index (χ1) is 10.7. The van der Waals surface area contributed by atoms with Crippen LogP contribution in [0.5, 0.6) is 0 Å². The Hall–Kier alpha value is -1.41. The van der Waals surface area contributed by atoms with E-state index in [9.17, 15) is 13.2 Å². The van der Waals surface area contributed by atoms with Crippen LogP contribution in [-0.4, -0.2) is 14.3 Å². The molecule has 0 aliphatic heterocycles. The summed E-state index contributed by atoms with van der Waals surface area (Å²) in [6, 6.07) is 10.8. The molecular formula is C15H14BrClN2O3S. The standard InChI is InChI=1S/C15H14BrClN2O3S/c1-9(11-4-2-3-5-14(11)17)19-15(20)12-8-10(23(18,21)22)6-7-13(12)16/h2-9H,1H3,(H,19,20)(H2,18,21,22). The van der Waals surface area contributed by atoms with E-state index in [4.69, 9.17) is 16.7 Å². The van der Waals surface area contributed by atoms with Gasteiger partial charge in [-0.05, 0) is 52.7 Å². The molecule has 122 valence electrons. The summed E-state index contributed by atoms with van der Waals surface area (Å²) in [5.41, 5.74) is 0.941. The van der Waals surface area contributed by atoms with Crippen molar-refractivity contribution in [1.29, 1.82) is 0 Å². The number of primary sulfonamides is 1. The molecule has 0 aromatic heterocycles. The predicted molar refractivity (Wildman–Crippen MR) is 92.8 cm³/mol. The van der Waals surface area contributed by atoms with Crippen LogP contribution in [0.3, 0.4) is 0 Å². The number of halogens is 2. The average molecular weight is 418 g/mol. The second-order valence-electron chi connectivity index (χ2n) is 4.90. The van der Waals surface area contributed by atoms with Crippen molar-refractivity contribution >= 4 is 43.5 Å². The van der Waals surface area contributed by atoms with Crippen molar-refractivity contribution in [2.24, 2.45) is 5.14 Å². The third-order valence-corrected chi connectivity index (χ3v) is 5.18. The van der Waals surface area contributed by atoms with Crippen molar-refractivity contribution < 1.29 is 13.2 Å². The van der Waals surface area contributed by atoms with Crippen molar-refractivity contribution in [3.63, 3.8) is 0 Å². The lowest BCUT2D eigenvalue weighted by Crippen LogP contribution is -2.27. The average Bonchev–Trinajstić information content (AvgIpc) is 2.46. The molecule has 2 rings (SSSR count). The third-order valence-electron chi connectivity index (χ3n) is 3.23. The molecule has 3 N–H and O–H groups in total. The fourth-order valence-corrected chi connectivity index (χ4v) is 3.30. The molecule has 2 aromatic carbocycles. The summed E-state index contributed by atoms with van der Waals surface area (Å²) >= 11 is 9.34. The van der Waals surface area contributed by atoms with Crippen molar-refractivity contribution in [3.8, 4) is 0 Å². The molecule has 2 aromatic rings. The summed E-state index contributed by atoms with van der Waals surface area (Å²) in [6.07, 6.45) is 0. The van der Waals surface area contributed by atoms with Gasteiger partial charge in [0.25, 0.3) is 5.91 Å². The van der Waals surface area contributed by atoms with Crippen LogP contribution in [0.2, 0.25) is 5.02 Å². The fourth-order valence-electron chi connectivity index (χ4n) is 2.03. The van der Waals surface area contributed by atoms with Gasteiger partial charge in [-0.2, -0.15) is 0 Å². The molecular weight excluding hydrogens is 404 g/mol. The number of carbonyl (C=O) groups is 1. The van der Waals surface area contributed by atoms with Crippen molar-refractivity contribution in [2.45, 2.75) is 17.9 Å². The highest BCUT2D eigenvalue weighted by atomic mass is 79.9. The minimum absolute atomic E-state index is 0.128. The first-order valence-corrected chi connectivity index (χ1v) is 9.29. The molecule has 1 unspecified atom stereocenters. The molecule has 8 heteroatoms. The number of hydrogen-bond acceptors (Lipinski definition) is 3. The van der Waals surface area contributed by atoms with Crippen LogP contribution in [0.15, 0.2) is 51.8 Å². The summed E-state index contributed by atoms with van der Waals surface area (Å²) in [5.74, 6) is -0.435. The Labute approximate surface area is 148 Å². The van der Waals surface area contributed by atoms with Gasteiger partial charge in [-0.15, -0.1) is 0 Å². The van der Waals surface area contributed by atoms with E-state index in [2.05, 4.69) is 21.2 Å². The highest BCUT2D eigenvalue weighted by Gasteiger charge is 2.18. The molecule has 0 bridgehead atoms. The van der Waals surface area contributed by atoms with Crippen molar-refractivity contribution in [3.05, 3.63) is 63.1 Å². The highest BCUT2D eigenvalue weighted by Crippen LogP contribution is 2.24. The smallest absolute Gasteiger partial charge is 0.252 e. The largest absolute Gasteiger partial charge is 0.345 e. The minimum atomic E-state index is -3.88. The van der Waals surface area contributed by atoms with Crippen LogP contribution in [0.1, 0.15) is 28.9 Å². The van der Waals surface area contributed by atoms with E-state index < -0.39 is 15.9 Å². The van der Waals surface area contributed by atoms with Crippen molar-refractivity contribution in [1.82, 2.24) is 5.32 Å². The molecule has 0 saturated heterocycles. The summed E-state index contributed by atoms with van der Waals surface area (Å²) in [5, 5.41) is 8.42. The van der Waals surface area contributed by atoms with Gasteiger partial charge in [0.1, 0.15) is 0 Å².